The topological polar surface area (TPSA) is 348 Å². The van der Waals surface area contributed by atoms with Crippen LogP contribution in [0.2, 0.25) is 0 Å². The fraction of sp³-hybridized carbons (Fsp3) is 0. The number of hydrogen-bond acceptors (Lipinski definition) is 14. The zero-order valence-electron chi connectivity index (χ0n) is 69.1. The van der Waals surface area contributed by atoms with Crippen LogP contribution in [0.3, 0.4) is 0 Å². The molecule has 7 N–H and O–H groups in total. The maximum absolute atomic E-state index is 8.11. The van der Waals surface area contributed by atoms with Gasteiger partial charge in [-0.1, -0.05) is 0 Å². The van der Waals surface area contributed by atoms with Gasteiger partial charge in [0.1, 0.15) is 0 Å². The minimum absolute atomic E-state index is 0. The monoisotopic (exact) mass is 1710 g/mol. The third-order valence-electron chi connectivity index (χ3n) is 0. The average Bonchev–Trinajstić information content (AvgIpc) is 2.35. The zero-order valence-corrected chi connectivity index (χ0v) is 189. The standard InChI is InChI=1S/7HNO2.60Na/c7*2-1-3;;;;;;;;;;;;;;;;;;;;;;;;;;;;;;;;;;;;;;;;;;;;;;;;;;;;;;;;;;;;/h7*(H,2,3);;;;;;;;;;;;;;;;;;;;;;;;;;;;;;;;;;;;;;;;;;;;;;;;;;;;;;;;;;;;/q;;;;;;;60*+1. The molecule has 0 bridgehead atoms. The Morgan fingerprint density at radius 2 is 0.0864 bits per heavy atom. The Morgan fingerprint density at radius 1 is 0.0864 bits per heavy atom. The van der Waals surface area contributed by atoms with Gasteiger partial charge in [0.05, 0.1) is 0 Å². The second kappa shape index (κ2) is 626. The molecular formula is H7N7Na60O14+60. The van der Waals surface area contributed by atoms with Crippen LogP contribution in [0, 0.1) is 34.3 Å². The second-order valence-electron chi connectivity index (χ2n) is 0.572. The molecule has 0 spiro atoms. The van der Waals surface area contributed by atoms with Gasteiger partial charge >= 0.3 is 1770 Å². The minimum Gasteiger partial charge on any atom is -0.379 e. The fourth-order valence-electron chi connectivity index (χ4n) is 0. The van der Waals surface area contributed by atoms with Gasteiger partial charge in [-0.25, -0.2) is 0 Å². The summed E-state index contributed by atoms with van der Waals surface area (Å²) in [4.78, 5) is 56.8. The van der Waals surface area contributed by atoms with Gasteiger partial charge in [0.15, 0.2) is 37.4 Å². The van der Waals surface area contributed by atoms with Gasteiger partial charge < -0.3 is 36.5 Å². The first-order valence-electron chi connectivity index (χ1n) is 2.68. The van der Waals surface area contributed by atoms with Gasteiger partial charge in [0.25, 0.3) is 0 Å². The van der Waals surface area contributed by atoms with Gasteiger partial charge in [-0.15, -0.1) is 34.3 Å². The largest absolute Gasteiger partial charge is 1.00 e. The molecule has 81 heavy (non-hydrogen) atoms. The van der Waals surface area contributed by atoms with E-state index in [0.29, 0.717) is 0 Å². The summed E-state index contributed by atoms with van der Waals surface area (Å²) >= 11 is 0. The van der Waals surface area contributed by atoms with E-state index in [4.69, 9.17) is 70.8 Å². The first-order chi connectivity index (χ1) is 9.90. The smallest absolute Gasteiger partial charge is 0.379 e. The Labute approximate surface area is 1810 Å². The van der Waals surface area contributed by atoms with E-state index in [1.807, 2.05) is 0 Å². The van der Waals surface area contributed by atoms with Crippen LogP contribution in [0.1, 0.15) is 0 Å². The molecule has 0 aliphatic heterocycles. The minimum atomic E-state index is 0. The van der Waals surface area contributed by atoms with Crippen LogP contribution in [0.5, 0.6) is 0 Å². The van der Waals surface area contributed by atoms with Crippen molar-refractivity contribution in [1.29, 1.82) is 0 Å². The molecule has 81 heteroatoms. The van der Waals surface area contributed by atoms with Crippen LogP contribution in [0.15, 0.2) is 37.4 Å². The fourth-order valence-corrected chi connectivity index (χ4v) is 0. The van der Waals surface area contributed by atoms with Crippen molar-refractivity contribution in [2.75, 3.05) is 0 Å². The molecule has 0 unspecified atom stereocenters. The van der Waals surface area contributed by atoms with Gasteiger partial charge in [0.2, 0.25) is 0 Å². The Kier molecular flexibility index (Phi) is 4000. The summed E-state index contributed by atoms with van der Waals surface area (Å²) in [5, 5.41) is 55.2. The second-order valence-corrected chi connectivity index (χ2v) is 0.572. The summed E-state index contributed by atoms with van der Waals surface area (Å²) in [6, 6.07) is 0. The predicted octanol–water partition coefficient (Wildman–Crippen LogP) is -179. The van der Waals surface area contributed by atoms with E-state index in [1.165, 1.54) is 37.4 Å². The van der Waals surface area contributed by atoms with Crippen LogP contribution < -0.4 is 1770 Å². The normalized spacial score (nSPS) is 1.04. The molecule has 0 aromatic heterocycles. The Hall–Kier alpha value is 55.8. The number of hydrogen-bond donors (Lipinski definition) is 7. The maximum Gasteiger partial charge on any atom is 1.00 e. The zero-order chi connectivity index (χ0) is 18.9. The first kappa shape index (κ1) is 518. The van der Waals surface area contributed by atoms with E-state index >= 15 is 0 Å². The van der Waals surface area contributed by atoms with Crippen molar-refractivity contribution in [3.63, 3.8) is 0 Å². The van der Waals surface area contributed by atoms with Gasteiger partial charge in [-0.05, 0) is 0 Å². The van der Waals surface area contributed by atoms with Crippen molar-refractivity contribution in [2.24, 2.45) is 37.4 Å². The molecule has 0 radical (unpaired) electrons. The Morgan fingerprint density at radius 3 is 0.0864 bits per heavy atom. The van der Waals surface area contributed by atoms with Crippen LogP contribution in [0.4, 0.5) is 0 Å². The van der Waals surface area contributed by atoms with Crippen LogP contribution in [-0.2, 0) is 0 Å². The molecule has 126 valence electrons. The molecule has 0 atom stereocenters. The van der Waals surface area contributed by atoms with Crippen molar-refractivity contribution in [3.05, 3.63) is 34.3 Å². The van der Waals surface area contributed by atoms with Gasteiger partial charge in [-0.3, -0.25) is 0 Å². The van der Waals surface area contributed by atoms with Crippen molar-refractivity contribution in [3.8, 4) is 0 Å². The SMILES string of the molecule is O=NO.O=NO.O=NO.O=NO.O=NO.O=NO.O=NO.[Na+].[Na+].[Na+].[Na+].[Na+].[Na+].[Na+].[Na+].[Na+].[Na+].[Na+].[Na+].[Na+].[Na+].[Na+].[Na+].[Na+].[Na+].[Na+].[Na+].[Na+].[Na+].[Na+].[Na+].[Na+].[Na+].[Na+].[Na+].[Na+].[Na+].[Na+].[Na+].[Na+].[Na+].[Na+].[Na+].[Na+].[Na+].[Na+].[Na+].[Na+].[Na+].[Na+].[Na+].[Na+].[Na+].[Na+].[Na+].[Na+].[Na+].[Na+].[Na+].[Na+].[Na+].[Na+].[Na+].[Na+].[Na+].[Na+].[Na+]. The summed E-state index contributed by atoms with van der Waals surface area (Å²) in [7, 11) is 0. The third-order valence-corrected chi connectivity index (χ3v) is 0. The molecule has 0 amide bonds. The molecule has 0 rings (SSSR count). The summed E-state index contributed by atoms with van der Waals surface area (Å²) in [5.41, 5.74) is 0. The van der Waals surface area contributed by atoms with Gasteiger partial charge in [-0.2, -0.15) is 0 Å². The molecule has 0 saturated carbocycles. The molecule has 0 heterocycles. The van der Waals surface area contributed by atoms with E-state index < -0.39 is 0 Å². The van der Waals surface area contributed by atoms with Crippen molar-refractivity contribution in [1.82, 2.24) is 0 Å². The molecule has 0 fully saturated rings. The molecule has 0 aromatic carbocycles. The van der Waals surface area contributed by atoms with Crippen molar-refractivity contribution in [2.45, 2.75) is 0 Å². The van der Waals surface area contributed by atoms with Crippen LogP contribution in [0.25, 0.3) is 0 Å². The van der Waals surface area contributed by atoms with Crippen molar-refractivity contribution >= 4 is 0 Å². The van der Waals surface area contributed by atoms with Crippen LogP contribution in [-0.4, -0.2) is 36.5 Å². The quantitative estimate of drug-likeness (QED) is 0.0674. The predicted molar refractivity (Wildman–Crippen MR) is 53.1 cm³/mol. The summed E-state index contributed by atoms with van der Waals surface area (Å²) in [5.74, 6) is 0. The van der Waals surface area contributed by atoms with E-state index in [1.54, 1.807) is 0 Å². The molecular weight excluding hydrogens is 1700 g/mol. The average molecular weight is 1710 g/mol. The molecule has 0 aromatic rings. The first-order valence-corrected chi connectivity index (χ1v) is 2.68. The maximum atomic E-state index is 8.11. The molecule has 21 nitrogen and oxygen atoms in total. The Bertz CT molecular complexity index is 198. The van der Waals surface area contributed by atoms with Crippen molar-refractivity contribution < 1.29 is 1810 Å². The van der Waals surface area contributed by atoms with Gasteiger partial charge in [0, 0.05) is 0 Å². The van der Waals surface area contributed by atoms with Crippen LogP contribution >= 0.6 is 0 Å². The number of nitrogens with zero attached hydrogens (tertiary/aromatic N) is 7. The van der Waals surface area contributed by atoms with E-state index in [0.717, 1.165) is 0 Å². The number of rotatable bonds is 0. The molecule has 0 aliphatic rings. The third kappa shape index (κ3) is 781. The summed E-state index contributed by atoms with van der Waals surface area (Å²) < 4.78 is 0. The molecule has 0 aliphatic carbocycles. The summed E-state index contributed by atoms with van der Waals surface area (Å²) in [6.07, 6.45) is 0. The van der Waals surface area contributed by atoms with E-state index in [2.05, 4.69) is 0 Å². The summed E-state index contributed by atoms with van der Waals surface area (Å²) in [6.45, 7) is 0. The molecule has 0 saturated heterocycles. The van der Waals surface area contributed by atoms with E-state index in [9.17, 15) is 0 Å². The van der Waals surface area contributed by atoms with E-state index in [-0.39, 0.29) is 1770 Å². The Balaban J connectivity index is -0.000000000387.